The molecule has 3 N–H and O–H groups in total. The van der Waals surface area contributed by atoms with E-state index in [1.165, 1.54) is 25.2 Å². The summed E-state index contributed by atoms with van der Waals surface area (Å²) in [5, 5.41) is 17.5. The molecule has 0 saturated heterocycles. The SMILES string of the molecule is C=C.CC1(C(=O)O)C=CC=C(C(=O)O)C1.c1c[nH]cn1. The molecule has 0 saturated carbocycles. The maximum Gasteiger partial charge on any atom is 0.331 e. The monoisotopic (exact) mass is 278 g/mol. The second-order valence-corrected chi connectivity index (χ2v) is 4.02. The van der Waals surface area contributed by atoms with Gasteiger partial charge in [0.1, 0.15) is 0 Å². The summed E-state index contributed by atoms with van der Waals surface area (Å²) in [5.41, 5.74) is -0.949. The zero-order valence-electron chi connectivity index (χ0n) is 11.2. The van der Waals surface area contributed by atoms with Crippen LogP contribution in [0.25, 0.3) is 0 Å². The van der Waals surface area contributed by atoms with E-state index in [9.17, 15) is 9.59 Å². The minimum Gasteiger partial charge on any atom is -0.481 e. The van der Waals surface area contributed by atoms with E-state index < -0.39 is 17.4 Å². The fourth-order valence-electron chi connectivity index (χ4n) is 1.40. The Bertz CT molecular complexity index is 474. The molecule has 1 heterocycles. The quantitative estimate of drug-likeness (QED) is 0.720. The van der Waals surface area contributed by atoms with Crippen LogP contribution in [0.5, 0.6) is 0 Å². The molecule has 1 aromatic rings. The van der Waals surface area contributed by atoms with Crippen LogP contribution in [0.4, 0.5) is 0 Å². The number of aliphatic carboxylic acids is 2. The maximum absolute atomic E-state index is 10.8. The van der Waals surface area contributed by atoms with E-state index in [4.69, 9.17) is 10.2 Å². The third-order valence-electron chi connectivity index (χ3n) is 2.49. The van der Waals surface area contributed by atoms with Gasteiger partial charge in [0.05, 0.1) is 11.7 Å². The van der Waals surface area contributed by atoms with Crippen molar-refractivity contribution in [1.82, 2.24) is 9.97 Å². The molecule has 1 unspecified atom stereocenters. The predicted octanol–water partition coefficient (Wildman–Crippen LogP) is 2.26. The summed E-state index contributed by atoms with van der Waals surface area (Å²) in [7, 11) is 0. The molecule has 1 aromatic heterocycles. The standard InChI is InChI=1S/C9H10O4.C3H4N2.C2H4/c1-9(8(12)13)4-2-3-6(5-9)7(10)11;1-2-5-3-4-1;1-2/h2-4H,5H2,1H3,(H,10,11)(H,12,13);1-3H,(H,4,5);1-2H2. The number of H-pyrrole nitrogens is 1. The van der Waals surface area contributed by atoms with E-state index in [2.05, 4.69) is 23.1 Å². The average molecular weight is 278 g/mol. The molecule has 1 atom stereocenters. The first-order valence-corrected chi connectivity index (χ1v) is 5.73. The molecule has 0 amide bonds. The number of hydrogen-bond donors (Lipinski definition) is 3. The zero-order valence-corrected chi connectivity index (χ0v) is 11.2. The number of hydrogen-bond acceptors (Lipinski definition) is 3. The Kier molecular flexibility index (Phi) is 7.35. The number of rotatable bonds is 2. The molecule has 6 nitrogen and oxygen atoms in total. The Labute approximate surface area is 117 Å². The summed E-state index contributed by atoms with van der Waals surface area (Å²) >= 11 is 0. The number of allylic oxidation sites excluding steroid dienone is 2. The van der Waals surface area contributed by atoms with Gasteiger partial charge >= 0.3 is 11.9 Å². The highest BCUT2D eigenvalue weighted by Gasteiger charge is 2.34. The molecule has 0 aromatic carbocycles. The van der Waals surface area contributed by atoms with Crippen molar-refractivity contribution < 1.29 is 19.8 Å². The molecule has 6 heteroatoms. The summed E-state index contributed by atoms with van der Waals surface area (Å²) in [6.45, 7) is 7.50. The van der Waals surface area contributed by atoms with E-state index >= 15 is 0 Å². The molecular weight excluding hydrogens is 260 g/mol. The van der Waals surface area contributed by atoms with Gasteiger partial charge in [-0.05, 0) is 13.3 Å². The van der Waals surface area contributed by atoms with Crippen LogP contribution >= 0.6 is 0 Å². The lowest BCUT2D eigenvalue weighted by Crippen LogP contribution is -2.28. The molecule has 1 aliphatic rings. The topological polar surface area (TPSA) is 103 Å². The Morgan fingerprint density at radius 2 is 2.05 bits per heavy atom. The van der Waals surface area contributed by atoms with Gasteiger partial charge in [-0.1, -0.05) is 18.2 Å². The minimum atomic E-state index is -1.08. The largest absolute Gasteiger partial charge is 0.481 e. The normalized spacial score (nSPS) is 19.6. The molecule has 108 valence electrons. The molecule has 0 aliphatic heterocycles. The lowest BCUT2D eigenvalue weighted by Gasteiger charge is -2.23. The summed E-state index contributed by atoms with van der Waals surface area (Å²) in [6, 6.07) is 0. The van der Waals surface area contributed by atoms with Crippen LogP contribution in [0.2, 0.25) is 0 Å². The van der Waals surface area contributed by atoms with Gasteiger partial charge in [-0.25, -0.2) is 9.78 Å². The molecule has 1 aliphatic carbocycles. The molecule has 0 spiro atoms. The number of carboxylic acids is 2. The highest BCUT2D eigenvalue weighted by atomic mass is 16.4. The van der Waals surface area contributed by atoms with Crippen molar-refractivity contribution >= 4 is 11.9 Å². The summed E-state index contributed by atoms with van der Waals surface area (Å²) in [5.74, 6) is -2.06. The van der Waals surface area contributed by atoms with Crippen LogP contribution < -0.4 is 0 Å². The lowest BCUT2D eigenvalue weighted by molar-refractivity contribution is -0.145. The van der Waals surface area contributed by atoms with Gasteiger partial charge in [-0.15, -0.1) is 13.2 Å². The number of nitrogens with zero attached hydrogens (tertiary/aromatic N) is 1. The summed E-state index contributed by atoms with van der Waals surface area (Å²) in [4.78, 5) is 27.8. The van der Waals surface area contributed by atoms with Gasteiger partial charge in [0.15, 0.2) is 0 Å². The number of aromatic nitrogens is 2. The van der Waals surface area contributed by atoms with Gasteiger partial charge < -0.3 is 15.2 Å². The molecule has 0 fully saturated rings. The molecular formula is C14H18N2O4. The third kappa shape index (κ3) is 5.34. The fourth-order valence-corrected chi connectivity index (χ4v) is 1.40. The first kappa shape index (κ1) is 17.4. The van der Waals surface area contributed by atoms with Gasteiger partial charge in [0, 0.05) is 18.0 Å². The van der Waals surface area contributed by atoms with Crippen molar-refractivity contribution in [2.45, 2.75) is 13.3 Å². The van der Waals surface area contributed by atoms with Crippen molar-refractivity contribution in [1.29, 1.82) is 0 Å². The smallest absolute Gasteiger partial charge is 0.331 e. The van der Waals surface area contributed by atoms with Crippen molar-refractivity contribution in [2.24, 2.45) is 5.41 Å². The highest BCUT2D eigenvalue weighted by molar-refractivity contribution is 5.90. The highest BCUT2D eigenvalue weighted by Crippen LogP contribution is 2.31. The fraction of sp³-hybridized carbons (Fsp3) is 0.214. The van der Waals surface area contributed by atoms with Crippen LogP contribution in [-0.2, 0) is 9.59 Å². The molecule has 2 rings (SSSR count). The Hall–Kier alpha value is -2.63. The van der Waals surface area contributed by atoms with Crippen molar-refractivity contribution in [3.63, 3.8) is 0 Å². The van der Waals surface area contributed by atoms with E-state index in [-0.39, 0.29) is 12.0 Å². The van der Waals surface area contributed by atoms with Crippen LogP contribution in [0.3, 0.4) is 0 Å². The van der Waals surface area contributed by atoms with Gasteiger partial charge in [0.25, 0.3) is 0 Å². The minimum absolute atomic E-state index is 0.0359. The van der Waals surface area contributed by atoms with E-state index in [1.807, 2.05) is 0 Å². The lowest BCUT2D eigenvalue weighted by atomic mass is 9.80. The first-order chi connectivity index (χ1) is 9.46. The summed E-state index contributed by atoms with van der Waals surface area (Å²) in [6.07, 6.45) is 9.52. The van der Waals surface area contributed by atoms with Crippen molar-refractivity contribution in [3.8, 4) is 0 Å². The third-order valence-corrected chi connectivity index (χ3v) is 2.49. The molecule has 0 radical (unpaired) electrons. The van der Waals surface area contributed by atoms with Crippen molar-refractivity contribution in [2.75, 3.05) is 0 Å². The first-order valence-electron chi connectivity index (χ1n) is 5.73. The Morgan fingerprint density at radius 1 is 1.40 bits per heavy atom. The zero-order chi connectivity index (χ0) is 15.6. The van der Waals surface area contributed by atoms with Crippen LogP contribution in [0.15, 0.2) is 55.7 Å². The number of imidazole rings is 1. The second kappa shape index (κ2) is 8.47. The van der Waals surface area contributed by atoms with Gasteiger partial charge in [0.2, 0.25) is 0 Å². The van der Waals surface area contributed by atoms with E-state index in [1.54, 1.807) is 18.7 Å². The van der Waals surface area contributed by atoms with Crippen molar-refractivity contribution in [3.05, 3.63) is 55.7 Å². The number of nitrogens with one attached hydrogen (secondary N) is 1. The summed E-state index contributed by atoms with van der Waals surface area (Å²) < 4.78 is 0. The van der Waals surface area contributed by atoms with Crippen LogP contribution in [-0.4, -0.2) is 32.1 Å². The Morgan fingerprint density at radius 3 is 2.40 bits per heavy atom. The Balaban J connectivity index is 0.000000427. The number of aromatic amines is 1. The average Bonchev–Trinajstić information content (AvgIpc) is 3.00. The van der Waals surface area contributed by atoms with Crippen LogP contribution in [0.1, 0.15) is 13.3 Å². The number of carboxylic acid groups (broad SMARTS) is 2. The van der Waals surface area contributed by atoms with E-state index in [0.29, 0.717) is 0 Å². The number of carbonyl (C=O) groups is 2. The maximum atomic E-state index is 10.8. The van der Waals surface area contributed by atoms with Gasteiger partial charge in [-0.2, -0.15) is 0 Å². The molecule has 0 bridgehead atoms. The van der Waals surface area contributed by atoms with Crippen LogP contribution in [0, 0.1) is 5.41 Å². The van der Waals surface area contributed by atoms with Gasteiger partial charge in [-0.3, -0.25) is 4.79 Å². The van der Waals surface area contributed by atoms with E-state index in [0.717, 1.165) is 0 Å². The predicted molar refractivity (Wildman–Crippen MR) is 75.1 cm³/mol. The second-order valence-electron chi connectivity index (χ2n) is 4.02. The molecule has 20 heavy (non-hydrogen) atoms.